The zero-order chi connectivity index (χ0) is 68.6. The van der Waals surface area contributed by atoms with Crippen LogP contribution in [0.15, 0.2) is 106 Å². The van der Waals surface area contributed by atoms with Crippen LogP contribution in [0.2, 0.25) is 0 Å². The molecule has 10 fully saturated rings. The Balaban J connectivity index is 0.000000181. The number of rotatable bonds is 20. The molecule has 0 heterocycles. The Kier molecular flexibility index (Phi) is 27.2. The normalized spacial score (nSPS) is 37.5. The van der Waals surface area contributed by atoms with E-state index in [1.165, 1.54) is 135 Å². The van der Waals surface area contributed by atoms with Crippen molar-refractivity contribution >= 4 is 0 Å². The first kappa shape index (κ1) is 77.0. The molecule has 10 rings (SSSR count). The molecule has 0 unspecified atom stereocenters. The second kappa shape index (κ2) is 33.2. The molecule has 10 aliphatic rings. The molecular formula is C85H138O9. The van der Waals surface area contributed by atoms with Crippen LogP contribution in [0.4, 0.5) is 0 Å². The summed E-state index contributed by atoms with van der Waals surface area (Å²) in [5, 5.41) is 92.3. The number of hydrogen-bond acceptors (Lipinski definition) is 9. The second-order valence-corrected chi connectivity index (χ2v) is 34.8. The van der Waals surface area contributed by atoms with Gasteiger partial charge in [0.05, 0.1) is 53.4 Å². The lowest BCUT2D eigenvalue weighted by Gasteiger charge is -2.44. The summed E-state index contributed by atoms with van der Waals surface area (Å²) in [6.45, 7) is 34.5. The fourth-order valence-electron chi connectivity index (χ4n) is 21.8. The molecule has 0 radical (unpaired) electrons. The summed E-state index contributed by atoms with van der Waals surface area (Å²) in [6, 6.07) is 0. The summed E-state index contributed by atoms with van der Waals surface area (Å²) >= 11 is 0. The highest BCUT2D eigenvalue weighted by Crippen LogP contribution is 2.63. The molecule has 0 aromatic heterocycles. The number of fused-ring (bicyclic) bond motifs is 3. The molecule has 10 saturated carbocycles. The van der Waals surface area contributed by atoms with Gasteiger partial charge in [-0.1, -0.05) is 196 Å². The van der Waals surface area contributed by atoms with Gasteiger partial charge in [-0.05, 0) is 280 Å². The van der Waals surface area contributed by atoms with Crippen molar-refractivity contribution in [2.24, 2.45) is 69.5 Å². The Bertz CT molecular complexity index is 2570. The molecule has 0 aliphatic heterocycles. The topological polar surface area (TPSA) is 182 Å². The van der Waals surface area contributed by atoms with Crippen LogP contribution >= 0.6 is 0 Å². The summed E-state index contributed by atoms with van der Waals surface area (Å²) in [5.41, 5.74) is 9.64. The Morgan fingerprint density at radius 1 is 0.436 bits per heavy atom. The monoisotopic (exact) mass is 1300 g/mol. The van der Waals surface area contributed by atoms with Crippen molar-refractivity contribution in [2.75, 3.05) is 0 Å². The summed E-state index contributed by atoms with van der Waals surface area (Å²) in [7, 11) is 0. The van der Waals surface area contributed by atoms with E-state index < -0.39 is 47.8 Å². The maximum atomic E-state index is 10.7. The number of hydrogen-bond donors (Lipinski definition) is 9. The van der Waals surface area contributed by atoms with Gasteiger partial charge in [-0.3, -0.25) is 0 Å². The average Bonchev–Trinajstić information content (AvgIpc) is 1.60. The Labute approximate surface area is 572 Å². The summed E-state index contributed by atoms with van der Waals surface area (Å²) in [6.07, 6.45) is 48.7. The van der Waals surface area contributed by atoms with E-state index in [1.54, 1.807) is 16.7 Å². The van der Waals surface area contributed by atoms with Gasteiger partial charge < -0.3 is 46.0 Å². The van der Waals surface area contributed by atoms with Gasteiger partial charge in [-0.15, -0.1) is 0 Å². The number of aliphatic hydroxyl groups is 9. The highest BCUT2D eigenvalue weighted by Gasteiger charge is 2.53. The van der Waals surface area contributed by atoms with Crippen LogP contribution in [0.25, 0.3) is 0 Å². The van der Waals surface area contributed by atoms with Crippen LogP contribution in [0.5, 0.6) is 0 Å². The van der Waals surface area contributed by atoms with Crippen molar-refractivity contribution in [3.05, 3.63) is 106 Å². The predicted octanol–water partition coefficient (Wildman–Crippen LogP) is 18.4. The molecular weight excluding hydrogens is 1160 g/mol. The largest absolute Gasteiger partial charge is 0.390 e. The van der Waals surface area contributed by atoms with Gasteiger partial charge >= 0.3 is 0 Å². The average molecular weight is 1300 g/mol. The van der Waals surface area contributed by atoms with Crippen molar-refractivity contribution in [2.45, 2.75) is 354 Å². The summed E-state index contributed by atoms with van der Waals surface area (Å²) in [4.78, 5) is 0. The molecule has 532 valence electrons. The maximum absolute atomic E-state index is 10.7. The van der Waals surface area contributed by atoms with Crippen LogP contribution in [0, 0.1) is 69.5 Å². The smallest absolute Gasteiger partial charge is 0.0809 e. The van der Waals surface area contributed by atoms with Gasteiger partial charge in [0.25, 0.3) is 0 Å². The molecule has 9 nitrogen and oxygen atoms in total. The van der Waals surface area contributed by atoms with Gasteiger partial charge in [0.15, 0.2) is 0 Å². The SMILES string of the molecule is C=C1[C@H](O)CC(=C/C=C2\CCC[C@]3(C)[C@@H]([C@@H](C)CCCC(C)(C)O)CC[C@@H]23)C[C@H]1O.C=C1[C@H](O)CC(=C/C=C2\CCC[C@]3(C)[C@@H]([C@@H](C)CCCC(O)(CC)CC)CC[C@@H]23)C[C@H]1O.C=C1[C@H](O)CC(=C/C=C2\CCC[C@]3(C)[C@@H]([C@@H](C)CCCC4(O)CCCC4)CC[C@@H]23)C[C@H]1O. The molecule has 0 bridgehead atoms. The van der Waals surface area contributed by atoms with E-state index in [-0.39, 0.29) is 5.60 Å². The van der Waals surface area contributed by atoms with Gasteiger partial charge in [0.1, 0.15) is 0 Å². The molecule has 0 aromatic rings. The van der Waals surface area contributed by atoms with Crippen LogP contribution in [0.3, 0.4) is 0 Å². The molecule has 0 saturated heterocycles. The van der Waals surface area contributed by atoms with E-state index in [0.29, 0.717) is 101 Å². The van der Waals surface area contributed by atoms with E-state index in [9.17, 15) is 46.0 Å². The van der Waals surface area contributed by atoms with E-state index in [2.05, 4.69) is 112 Å². The summed E-state index contributed by atoms with van der Waals surface area (Å²) in [5.74, 6) is 6.45. The predicted molar refractivity (Wildman–Crippen MR) is 388 cm³/mol. The molecule has 0 aromatic carbocycles. The van der Waals surface area contributed by atoms with E-state index in [0.717, 1.165) is 98.2 Å². The van der Waals surface area contributed by atoms with E-state index in [4.69, 9.17) is 0 Å². The Morgan fingerprint density at radius 3 is 1.03 bits per heavy atom. The third-order valence-corrected chi connectivity index (χ3v) is 28.0. The molecule has 9 N–H and O–H groups in total. The van der Waals surface area contributed by atoms with E-state index in [1.807, 2.05) is 13.8 Å². The van der Waals surface area contributed by atoms with Gasteiger partial charge in [0, 0.05) is 0 Å². The van der Waals surface area contributed by atoms with Crippen LogP contribution in [0.1, 0.15) is 300 Å². The third-order valence-electron chi connectivity index (χ3n) is 28.0. The van der Waals surface area contributed by atoms with Crippen LogP contribution in [-0.4, -0.2) is 99.4 Å². The molecule has 18 atom stereocenters. The van der Waals surface area contributed by atoms with Crippen molar-refractivity contribution in [3.8, 4) is 0 Å². The first-order valence-corrected chi connectivity index (χ1v) is 38.8. The van der Waals surface area contributed by atoms with Crippen molar-refractivity contribution in [1.82, 2.24) is 0 Å². The second-order valence-electron chi connectivity index (χ2n) is 34.8. The standard InChI is InChI=1S/C29H46O3.C29H48O3.C27H44O3/c1-20(8-6-17-29(32)15-4-5-16-29)24-12-13-25-23(9-7-14-28(24,25)3)11-10-22-18-26(30)21(2)27(31)19-22;1-6-29(32,7-2)17-8-10-20(3)24-14-15-25-23(11-9-16-28(24,25)5)13-12-22-18-26(30)21(4)27(31)19-22;1-18(8-6-14-26(3,4)30)22-12-13-23-21(9-7-15-27(22,23)5)11-10-20-16-24(28)19(2)25(29)17-20/h10-11,20,24-27,30-32H,2,4-9,12-19H2,1,3H3;12-13,20,24-27,30-32H,4,6-11,14-19H2,1-3,5H3;10-11,18,22-25,28-30H,2,6-9,12-17H2,1,3-5H3/b23-11+;23-13+;21-11+/t2*20-,24+,25-,26+,27+,28+;18-,22+,23-,24+,25+,27+/m000/s1. The minimum atomic E-state index is -0.616. The number of allylic oxidation sites excluding steroid dienone is 9. The molecule has 0 amide bonds. The minimum Gasteiger partial charge on any atom is -0.390 e. The molecule has 0 spiro atoms. The Hall–Kier alpha value is -2.70. The van der Waals surface area contributed by atoms with Crippen molar-refractivity contribution in [3.63, 3.8) is 0 Å². The lowest BCUT2D eigenvalue weighted by molar-refractivity contribution is 0.0178. The zero-order valence-corrected chi connectivity index (χ0v) is 61.2. The minimum absolute atomic E-state index is 0.358. The van der Waals surface area contributed by atoms with Crippen LogP contribution in [-0.2, 0) is 0 Å². The number of aliphatic hydroxyl groups excluding tert-OH is 6. The van der Waals surface area contributed by atoms with E-state index >= 15 is 0 Å². The quantitative estimate of drug-likeness (QED) is 0.0536. The lowest BCUT2D eigenvalue weighted by atomic mass is 9.60. The van der Waals surface area contributed by atoms with Crippen LogP contribution < -0.4 is 0 Å². The summed E-state index contributed by atoms with van der Waals surface area (Å²) < 4.78 is 0. The Morgan fingerprint density at radius 2 is 0.734 bits per heavy atom. The lowest BCUT2D eigenvalue weighted by Crippen LogP contribution is -2.36. The maximum Gasteiger partial charge on any atom is 0.0809 e. The molecule has 10 aliphatic carbocycles. The highest BCUT2D eigenvalue weighted by molar-refractivity contribution is 5.33. The fourth-order valence-corrected chi connectivity index (χ4v) is 21.8. The van der Waals surface area contributed by atoms with Crippen molar-refractivity contribution < 1.29 is 46.0 Å². The third kappa shape index (κ3) is 18.8. The van der Waals surface area contributed by atoms with Gasteiger partial charge in [0.2, 0.25) is 0 Å². The fraction of sp³-hybridized carbons (Fsp3) is 0.788. The highest BCUT2D eigenvalue weighted by atomic mass is 16.3. The molecule has 9 heteroatoms. The molecule has 94 heavy (non-hydrogen) atoms. The van der Waals surface area contributed by atoms with Gasteiger partial charge in [-0.2, -0.15) is 0 Å². The zero-order valence-electron chi connectivity index (χ0n) is 61.2. The van der Waals surface area contributed by atoms with Crippen molar-refractivity contribution in [1.29, 1.82) is 0 Å². The first-order chi connectivity index (χ1) is 44.4. The first-order valence-electron chi connectivity index (χ1n) is 38.8. The van der Waals surface area contributed by atoms with Gasteiger partial charge in [-0.25, -0.2) is 0 Å².